The predicted molar refractivity (Wildman–Crippen MR) is 45.4 cm³/mol. The topological polar surface area (TPSA) is 12.0 Å². The van der Waals surface area contributed by atoms with Gasteiger partial charge in [0.05, 0.1) is 6.04 Å². The molecule has 0 aromatic carbocycles. The van der Waals surface area contributed by atoms with E-state index < -0.39 is 12.0 Å². The fraction of sp³-hybridized carbons (Fsp3) is 1.00. The van der Waals surface area contributed by atoms with E-state index in [4.69, 9.17) is 0 Å². The summed E-state index contributed by atoms with van der Waals surface area (Å²) >= 11 is 0. The van der Waals surface area contributed by atoms with Crippen LogP contribution in [0.4, 0.5) is 8.78 Å². The van der Waals surface area contributed by atoms with Crippen molar-refractivity contribution >= 4 is 0 Å². The first-order valence-electron chi connectivity index (χ1n) is 4.42. The highest BCUT2D eigenvalue weighted by molar-refractivity contribution is 4.92. The number of rotatable bonds is 2. The van der Waals surface area contributed by atoms with Crippen molar-refractivity contribution in [2.45, 2.75) is 45.6 Å². The van der Waals surface area contributed by atoms with Crippen molar-refractivity contribution in [3.8, 4) is 0 Å². The standard InChI is InChI=1S/C9H17F2N/c1-8(2,3)6-9(10,11)7-4-5-12-7/h7,12H,4-6H2,1-3H3. The van der Waals surface area contributed by atoms with Gasteiger partial charge in [-0.3, -0.25) is 0 Å². The Morgan fingerprint density at radius 1 is 1.33 bits per heavy atom. The molecule has 1 aliphatic rings. The molecule has 1 nitrogen and oxygen atoms in total. The second kappa shape index (κ2) is 2.95. The first-order chi connectivity index (χ1) is 5.31. The molecule has 1 unspecified atom stereocenters. The molecule has 1 saturated heterocycles. The zero-order chi connectivity index (χ0) is 9.41. The molecule has 12 heavy (non-hydrogen) atoms. The van der Waals surface area contributed by atoms with Gasteiger partial charge in [-0.2, -0.15) is 0 Å². The molecule has 1 heterocycles. The average Bonchev–Trinajstić information content (AvgIpc) is 1.45. The molecule has 0 radical (unpaired) electrons. The summed E-state index contributed by atoms with van der Waals surface area (Å²) in [5.41, 5.74) is -0.291. The van der Waals surface area contributed by atoms with Crippen molar-refractivity contribution in [1.29, 1.82) is 0 Å². The lowest BCUT2D eigenvalue weighted by Crippen LogP contribution is -2.55. The monoisotopic (exact) mass is 177 g/mol. The van der Waals surface area contributed by atoms with Crippen LogP contribution in [0.2, 0.25) is 0 Å². The van der Waals surface area contributed by atoms with Crippen molar-refractivity contribution in [1.82, 2.24) is 5.32 Å². The summed E-state index contributed by atoms with van der Waals surface area (Å²) in [6, 6.07) is -0.572. The van der Waals surface area contributed by atoms with Gasteiger partial charge in [0, 0.05) is 6.42 Å². The van der Waals surface area contributed by atoms with Crippen LogP contribution in [0.1, 0.15) is 33.6 Å². The fourth-order valence-electron chi connectivity index (χ4n) is 1.48. The lowest BCUT2D eigenvalue weighted by molar-refractivity contribution is -0.0857. The van der Waals surface area contributed by atoms with E-state index in [0.717, 1.165) is 6.54 Å². The van der Waals surface area contributed by atoms with Gasteiger partial charge in [0.25, 0.3) is 5.92 Å². The minimum atomic E-state index is -2.53. The van der Waals surface area contributed by atoms with Crippen LogP contribution < -0.4 is 5.32 Å². The quantitative estimate of drug-likeness (QED) is 0.683. The molecule has 0 amide bonds. The van der Waals surface area contributed by atoms with Gasteiger partial charge in [0.2, 0.25) is 0 Å². The third-order valence-corrected chi connectivity index (χ3v) is 2.10. The van der Waals surface area contributed by atoms with Crippen molar-refractivity contribution in [3.63, 3.8) is 0 Å². The lowest BCUT2D eigenvalue weighted by Gasteiger charge is -2.37. The average molecular weight is 177 g/mol. The second-order valence-electron chi connectivity index (χ2n) is 4.79. The molecule has 0 bridgehead atoms. The van der Waals surface area contributed by atoms with Gasteiger partial charge in [-0.05, 0) is 18.4 Å². The molecule has 1 aliphatic heterocycles. The molecule has 0 aromatic rings. The molecule has 0 aliphatic carbocycles. The molecule has 0 aromatic heterocycles. The Morgan fingerprint density at radius 2 is 1.83 bits per heavy atom. The van der Waals surface area contributed by atoms with Crippen molar-refractivity contribution in [3.05, 3.63) is 0 Å². The Labute approximate surface area is 72.5 Å². The first kappa shape index (κ1) is 9.90. The molecule has 72 valence electrons. The molecule has 1 N–H and O–H groups in total. The Morgan fingerprint density at radius 3 is 2.08 bits per heavy atom. The Hall–Kier alpha value is -0.180. The lowest BCUT2D eigenvalue weighted by atomic mass is 9.84. The molecule has 1 fully saturated rings. The molecule has 3 heteroatoms. The molecule has 0 saturated carbocycles. The maximum Gasteiger partial charge on any atom is 0.263 e. The summed E-state index contributed by atoms with van der Waals surface area (Å²) in [5, 5.41) is 2.76. The maximum atomic E-state index is 13.3. The third kappa shape index (κ3) is 2.41. The van der Waals surface area contributed by atoms with Crippen molar-refractivity contribution in [2.24, 2.45) is 5.41 Å². The van der Waals surface area contributed by atoms with Gasteiger partial charge in [-0.25, -0.2) is 8.78 Å². The third-order valence-electron chi connectivity index (χ3n) is 2.10. The van der Waals surface area contributed by atoms with Crippen LogP contribution in [0.3, 0.4) is 0 Å². The predicted octanol–water partition coefficient (Wildman–Crippen LogP) is 2.42. The van der Waals surface area contributed by atoms with E-state index in [1.54, 1.807) is 0 Å². The van der Waals surface area contributed by atoms with Gasteiger partial charge in [-0.1, -0.05) is 20.8 Å². The summed E-state index contributed by atoms with van der Waals surface area (Å²) < 4.78 is 26.6. The molecule has 1 rings (SSSR count). The SMILES string of the molecule is CC(C)(C)CC(F)(F)C1CCN1. The highest BCUT2D eigenvalue weighted by atomic mass is 19.3. The normalized spacial score (nSPS) is 25.2. The van der Waals surface area contributed by atoms with Crippen LogP contribution in [-0.2, 0) is 0 Å². The van der Waals surface area contributed by atoms with E-state index in [0.29, 0.717) is 6.42 Å². The number of nitrogens with one attached hydrogen (secondary N) is 1. The zero-order valence-electron chi connectivity index (χ0n) is 7.95. The van der Waals surface area contributed by atoms with Crippen LogP contribution in [0.15, 0.2) is 0 Å². The van der Waals surface area contributed by atoms with Crippen molar-refractivity contribution in [2.75, 3.05) is 6.54 Å². The van der Waals surface area contributed by atoms with E-state index in [1.807, 2.05) is 20.8 Å². The summed E-state index contributed by atoms with van der Waals surface area (Å²) in [7, 11) is 0. The number of alkyl halides is 2. The summed E-state index contributed by atoms with van der Waals surface area (Å²) in [6.45, 7) is 6.28. The smallest absolute Gasteiger partial charge is 0.263 e. The molecular weight excluding hydrogens is 160 g/mol. The van der Waals surface area contributed by atoms with E-state index >= 15 is 0 Å². The minimum Gasteiger partial charge on any atom is -0.309 e. The van der Waals surface area contributed by atoms with Gasteiger partial charge in [0.15, 0.2) is 0 Å². The highest BCUT2D eigenvalue weighted by Gasteiger charge is 2.44. The molecular formula is C9H17F2N. The van der Waals surface area contributed by atoms with Gasteiger partial charge in [-0.15, -0.1) is 0 Å². The van der Waals surface area contributed by atoms with E-state index in [2.05, 4.69) is 5.32 Å². The zero-order valence-corrected chi connectivity index (χ0v) is 7.95. The summed E-state index contributed by atoms with van der Waals surface area (Å²) in [5.74, 6) is -2.53. The van der Waals surface area contributed by atoms with Crippen LogP contribution in [-0.4, -0.2) is 18.5 Å². The van der Waals surface area contributed by atoms with Gasteiger partial charge >= 0.3 is 0 Å². The van der Waals surface area contributed by atoms with E-state index in [1.165, 1.54) is 0 Å². The van der Waals surface area contributed by atoms with Crippen LogP contribution in [0, 0.1) is 5.41 Å². The Kier molecular flexibility index (Phi) is 2.43. The van der Waals surface area contributed by atoms with E-state index in [-0.39, 0.29) is 11.8 Å². The molecule has 1 atom stereocenters. The van der Waals surface area contributed by atoms with E-state index in [9.17, 15) is 8.78 Å². The summed E-state index contributed by atoms with van der Waals surface area (Å²) in [4.78, 5) is 0. The second-order valence-corrected chi connectivity index (χ2v) is 4.79. The van der Waals surface area contributed by atoms with Crippen molar-refractivity contribution < 1.29 is 8.78 Å². The Balaban J connectivity index is 2.47. The summed E-state index contributed by atoms with van der Waals surface area (Å²) in [6.07, 6.45) is 0.584. The van der Waals surface area contributed by atoms with Crippen LogP contribution in [0.25, 0.3) is 0 Å². The largest absolute Gasteiger partial charge is 0.309 e. The number of hydrogen-bond acceptors (Lipinski definition) is 1. The Bertz CT molecular complexity index is 156. The number of halogens is 2. The maximum absolute atomic E-state index is 13.3. The van der Waals surface area contributed by atoms with Crippen LogP contribution in [0.5, 0.6) is 0 Å². The number of hydrogen-bond donors (Lipinski definition) is 1. The van der Waals surface area contributed by atoms with Gasteiger partial charge < -0.3 is 5.32 Å². The highest BCUT2D eigenvalue weighted by Crippen LogP contribution is 2.36. The van der Waals surface area contributed by atoms with Crippen LogP contribution >= 0.6 is 0 Å². The minimum absolute atomic E-state index is 0.0301. The fourth-order valence-corrected chi connectivity index (χ4v) is 1.48. The van der Waals surface area contributed by atoms with Gasteiger partial charge in [0.1, 0.15) is 0 Å². The molecule has 0 spiro atoms. The first-order valence-corrected chi connectivity index (χ1v) is 4.42.